The summed E-state index contributed by atoms with van der Waals surface area (Å²) in [5.74, 6) is 0.693. The Morgan fingerprint density at radius 2 is 2.07 bits per heavy atom. The van der Waals surface area contributed by atoms with Gasteiger partial charge in [-0.05, 0) is 31.7 Å². The van der Waals surface area contributed by atoms with Crippen molar-refractivity contribution in [1.29, 1.82) is 0 Å². The second-order valence-corrected chi connectivity index (χ2v) is 7.87. The van der Waals surface area contributed by atoms with E-state index in [0.717, 1.165) is 22.1 Å². The molecule has 1 aliphatic heterocycles. The lowest BCUT2D eigenvalue weighted by Gasteiger charge is -2.32. The third kappa shape index (κ3) is 3.47. The number of carbonyl (C=O) groups is 1. The zero-order valence-electron chi connectivity index (χ0n) is 16.0. The molecule has 0 spiro atoms. The topological polar surface area (TPSA) is 96.9 Å². The summed E-state index contributed by atoms with van der Waals surface area (Å²) in [5, 5.41) is 6.34. The number of carbonyl (C=O) groups excluding carboxylic acids is 1. The highest BCUT2D eigenvalue weighted by Gasteiger charge is 2.34. The van der Waals surface area contributed by atoms with Crippen LogP contribution in [0.1, 0.15) is 43.6 Å². The molecule has 3 aromatic rings. The third-order valence-corrected chi connectivity index (χ3v) is 5.90. The number of halogens is 3. The molecule has 1 aliphatic carbocycles. The fraction of sp³-hybridized carbons (Fsp3) is 0.526. The summed E-state index contributed by atoms with van der Waals surface area (Å²) in [7, 11) is 0. The number of fused-ring (bicyclic) bond motifs is 3. The number of cyclic esters (lactones) is 1. The number of rotatable bonds is 4. The molecule has 1 amide bonds. The highest BCUT2D eigenvalue weighted by atomic mass is 19.4. The van der Waals surface area contributed by atoms with E-state index in [-0.39, 0.29) is 24.7 Å². The van der Waals surface area contributed by atoms with Gasteiger partial charge >= 0.3 is 12.3 Å². The van der Waals surface area contributed by atoms with Crippen LogP contribution in [0.15, 0.2) is 18.5 Å². The van der Waals surface area contributed by atoms with Crippen LogP contribution in [0, 0.1) is 0 Å². The summed E-state index contributed by atoms with van der Waals surface area (Å²) in [6.45, 7) is -0.781. The zero-order chi connectivity index (χ0) is 20.9. The van der Waals surface area contributed by atoms with E-state index >= 15 is 0 Å². The second-order valence-electron chi connectivity index (χ2n) is 7.87. The van der Waals surface area contributed by atoms with Crippen molar-refractivity contribution in [2.75, 3.05) is 13.2 Å². The van der Waals surface area contributed by atoms with Crippen LogP contribution in [0.25, 0.3) is 22.1 Å². The number of alkyl halides is 3. The molecule has 4 heterocycles. The van der Waals surface area contributed by atoms with Crippen LogP contribution in [0.4, 0.5) is 18.0 Å². The maximum Gasteiger partial charge on any atom is 0.407 e. The first kappa shape index (κ1) is 19.2. The standard InChI is InChI=1S/C19H21F3N6O2/c20-19(21,22)9-25-10-1-3-11(4-2-10)28-15-12-5-6-23-16(12)24-7-13(15)26-17(28)14-8-30-18(29)27-14/h5-7,10-11,14,25H,1-4,8-9H2,(H,23,24)(H,27,29)/t10-,11-,14?. The number of nitrogens with zero attached hydrogens (tertiary/aromatic N) is 3. The smallest absolute Gasteiger partial charge is 0.407 e. The monoisotopic (exact) mass is 422 g/mol. The molecule has 1 unspecified atom stereocenters. The number of nitrogens with one attached hydrogen (secondary N) is 3. The summed E-state index contributed by atoms with van der Waals surface area (Å²) in [5.41, 5.74) is 2.38. The average molecular weight is 422 g/mol. The molecule has 30 heavy (non-hydrogen) atoms. The Bertz CT molecular complexity index is 1080. The van der Waals surface area contributed by atoms with E-state index < -0.39 is 18.8 Å². The van der Waals surface area contributed by atoms with Crippen LogP contribution >= 0.6 is 0 Å². The molecule has 5 rings (SSSR count). The van der Waals surface area contributed by atoms with Gasteiger partial charge in [-0.2, -0.15) is 13.2 Å². The molecule has 3 aromatic heterocycles. The van der Waals surface area contributed by atoms with Crippen molar-refractivity contribution in [2.24, 2.45) is 0 Å². The molecule has 3 N–H and O–H groups in total. The number of H-pyrrole nitrogens is 1. The van der Waals surface area contributed by atoms with E-state index in [1.54, 1.807) is 6.20 Å². The van der Waals surface area contributed by atoms with Gasteiger partial charge in [-0.15, -0.1) is 0 Å². The van der Waals surface area contributed by atoms with Gasteiger partial charge in [-0.3, -0.25) is 0 Å². The molecular formula is C19H21F3N6O2. The first-order valence-electron chi connectivity index (χ1n) is 9.96. The maximum absolute atomic E-state index is 12.5. The number of imidazole rings is 1. The molecule has 11 heteroatoms. The minimum Gasteiger partial charge on any atom is -0.447 e. The highest BCUT2D eigenvalue weighted by Crippen LogP contribution is 2.37. The van der Waals surface area contributed by atoms with Crippen molar-refractivity contribution in [1.82, 2.24) is 30.2 Å². The van der Waals surface area contributed by atoms with Crippen molar-refractivity contribution in [2.45, 2.75) is 50.0 Å². The zero-order valence-corrected chi connectivity index (χ0v) is 16.0. The van der Waals surface area contributed by atoms with Crippen molar-refractivity contribution >= 4 is 28.2 Å². The summed E-state index contributed by atoms with van der Waals surface area (Å²) in [6.07, 6.45) is 1.51. The number of amides is 1. The number of hydrogen-bond donors (Lipinski definition) is 3. The summed E-state index contributed by atoms with van der Waals surface area (Å²) in [4.78, 5) is 23.9. The fourth-order valence-electron chi connectivity index (χ4n) is 4.55. The number of aromatic amines is 1. The number of alkyl carbamates (subject to hydrolysis) is 1. The number of hydrogen-bond acceptors (Lipinski definition) is 5. The van der Waals surface area contributed by atoms with Crippen LogP contribution in [0.5, 0.6) is 0 Å². The summed E-state index contributed by atoms with van der Waals surface area (Å²) < 4.78 is 44.8. The van der Waals surface area contributed by atoms with E-state index in [9.17, 15) is 18.0 Å². The fourth-order valence-corrected chi connectivity index (χ4v) is 4.55. The predicted molar refractivity (Wildman–Crippen MR) is 102 cm³/mol. The molecule has 0 radical (unpaired) electrons. The van der Waals surface area contributed by atoms with Gasteiger partial charge in [-0.1, -0.05) is 0 Å². The van der Waals surface area contributed by atoms with Gasteiger partial charge in [0.25, 0.3) is 0 Å². The van der Waals surface area contributed by atoms with E-state index in [1.807, 2.05) is 12.3 Å². The van der Waals surface area contributed by atoms with E-state index in [1.165, 1.54) is 0 Å². The molecule has 0 aromatic carbocycles. The Hall–Kier alpha value is -2.82. The lowest BCUT2D eigenvalue weighted by Crippen LogP contribution is -2.39. The second kappa shape index (κ2) is 7.15. The lowest BCUT2D eigenvalue weighted by molar-refractivity contribution is -0.126. The molecule has 2 fully saturated rings. The molecule has 160 valence electrons. The minimum atomic E-state index is -4.21. The number of ether oxygens (including phenoxy) is 1. The van der Waals surface area contributed by atoms with Crippen LogP contribution in [0.3, 0.4) is 0 Å². The summed E-state index contributed by atoms with van der Waals surface area (Å²) >= 11 is 0. The predicted octanol–water partition coefficient (Wildman–Crippen LogP) is 3.33. The van der Waals surface area contributed by atoms with Crippen molar-refractivity contribution in [3.8, 4) is 0 Å². The van der Waals surface area contributed by atoms with Gasteiger partial charge in [-0.25, -0.2) is 14.8 Å². The van der Waals surface area contributed by atoms with Crippen molar-refractivity contribution < 1.29 is 22.7 Å². The SMILES string of the molecule is O=C1NC(c2nc3cnc4[nH]ccc4c3n2[C@H]2CC[C@H](NCC(F)(F)F)CC2)CO1. The van der Waals surface area contributed by atoms with E-state index in [4.69, 9.17) is 9.72 Å². The third-order valence-electron chi connectivity index (χ3n) is 5.90. The quantitative estimate of drug-likeness (QED) is 0.599. The molecular weight excluding hydrogens is 401 g/mol. The van der Waals surface area contributed by atoms with Gasteiger partial charge < -0.3 is 24.9 Å². The highest BCUT2D eigenvalue weighted by molar-refractivity contribution is 6.01. The Labute approximate surface area is 169 Å². The molecule has 8 nitrogen and oxygen atoms in total. The first-order chi connectivity index (χ1) is 14.4. The normalized spacial score (nSPS) is 25.0. The van der Waals surface area contributed by atoms with Gasteiger partial charge in [0.15, 0.2) is 0 Å². The Morgan fingerprint density at radius 3 is 2.77 bits per heavy atom. The van der Waals surface area contributed by atoms with E-state index in [2.05, 4.69) is 25.2 Å². The first-order valence-corrected chi connectivity index (χ1v) is 9.96. The molecule has 1 atom stereocenters. The summed E-state index contributed by atoms with van der Waals surface area (Å²) in [6, 6.07) is 1.46. The molecule has 0 bridgehead atoms. The van der Waals surface area contributed by atoms with Crippen LogP contribution < -0.4 is 10.6 Å². The van der Waals surface area contributed by atoms with Gasteiger partial charge in [0.2, 0.25) is 0 Å². The minimum absolute atomic E-state index is 0.0620. The van der Waals surface area contributed by atoms with Crippen LogP contribution in [-0.2, 0) is 4.74 Å². The Morgan fingerprint density at radius 1 is 1.27 bits per heavy atom. The molecule has 1 saturated carbocycles. The van der Waals surface area contributed by atoms with Gasteiger partial charge in [0.05, 0.1) is 18.3 Å². The number of pyridine rings is 1. The van der Waals surface area contributed by atoms with Gasteiger partial charge in [0, 0.05) is 23.7 Å². The van der Waals surface area contributed by atoms with Crippen molar-refractivity contribution in [3.05, 3.63) is 24.3 Å². The molecule has 2 aliphatic rings. The molecule has 1 saturated heterocycles. The van der Waals surface area contributed by atoms with Gasteiger partial charge in [0.1, 0.15) is 29.6 Å². The average Bonchev–Trinajstić information content (AvgIpc) is 3.43. The Kier molecular flexibility index (Phi) is 4.57. The lowest BCUT2D eigenvalue weighted by atomic mass is 9.90. The number of aromatic nitrogens is 4. The maximum atomic E-state index is 12.5. The Balaban J connectivity index is 1.48. The largest absolute Gasteiger partial charge is 0.447 e. The van der Waals surface area contributed by atoms with Crippen molar-refractivity contribution in [3.63, 3.8) is 0 Å². The van der Waals surface area contributed by atoms with E-state index in [0.29, 0.717) is 31.5 Å². The van der Waals surface area contributed by atoms with Crippen LogP contribution in [0.2, 0.25) is 0 Å². The van der Waals surface area contributed by atoms with Crippen LogP contribution in [-0.4, -0.2) is 51.0 Å².